The number of urea groups is 1. The number of carbonyl (C=O) groups is 2. The first-order valence-corrected chi connectivity index (χ1v) is 9.19. The Labute approximate surface area is 154 Å². The second-order valence-corrected chi connectivity index (χ2v) is 6.81. The van der Waals surface area contributed by atoms with Crippen LogP contribution in [0, 0.1) is 0 Å². The average Bonchev–Trinajstić information content (AvgIpc) is 3.21. The van der Waals surface area contributed by atoms with Crippen molar-refractivity contribution in [3.05, 3.63) is 23.8 Å². The molecular weight excluding hydrogens is 334 g/mol. The Bertz CT molecular complexity index is 658. The molecule has 2 heterocycles. The number of nitrogens with zero attached hydrogens (tertiary/aromatic N) is 2. The summed E-state index contributed by atoms with van der Waals surface area (Å²) in [6.45, 7) is 3.02. The first-order valence-electron chi connectivity index (χ1n) is 9.19. The Morgan fingerprint density at radius 3 is 2.38 bits per heavy atom. The molecule has 142 valence electrons. The third-order valence-corrected chi connectivity index (χ3v) is 5.05. The van der Waals surface area contributed by atoms with Crippen molar-refractivity contribution < 1.29 is 19.1 Å². The van der Waals surface area contributed by atoms with Crippen molar-refractivity contribution in [3.63, 3.8) is 0 Å². The normalized spacial score (nSPS) is 20.0. The van der Waals surface area contributed by atoms with Gasteiger partial charge in [0, 0.05) is 37.8 Å². The largest absolute Gasteiger partial charge is 0.493 e. The molecule has 0 aromatic heterocycles. The number of likely N-dealkylation sites (tertiary alicyclic amines) is 2. The predicted molar refractivity (Wildman–Crippen MR) is 97.8 cm³/mol. The van der Waals surface area contributed by atoms with Crippen LogP contribution in [-0.2, 0) is 0 Å². The van der Waals surface area contributed by atoms with Crippen molar-refractivity contribution in [1.29, 1.82) is 0 Å². The second-order valence-electron chi connectivity index (χ2n) is 6.81. The number of ether oxygens (including phenoxy) is 2. The molecule has 2 saturated heterocycles. The van der Waals surface area contributed by atoms with Crippen LogP contribution in [0.1, 0.15) is 36.0 Å². The molecule has 0 bridgehead atoms. The summed E-state index contributed by atoms with van der Waals surface area (Å²) in [6, 6.07) is 5.18. The van der Waals surface area contributed by atoms with Gasteiger partial charge in [-0.1, -0.05) is 0 Å². The van der Waals surface area contributed by atoms with Gasteiger partial charge >= 0.3 is 6.03 Å². The summed E-state index contributed by atoms with van der Waals surface area (Å²) in [5.41, 5.74) is 0.519. The summed E-state index contributed by atoms with van der Waals surface area (Å²) >= 11 is 0. The van der Waals surface area contributed by atoms with Gasteiger partial charge in [0.15, 0.2) is 11.5 Å². The van der Waals surface area contributed by atoms with Crippen molar-refractivity contribution in [1.82, 2.24) is 15.1 Å². The number of benzene rings is 1. The lowest BCUT2D eigenvalue weighted by Crippen LogP contribution is -2.52. The van der Waals surface area contributed by atoms with Crippen molar-refractivity contribution in [2.24, 2.45) is 0 Å². The number of carbonyl (C=O) groups excluding carboxylic acids is 2. The van der Waals surface area contributed by atoms with Gasteiger partial charge in [0.25, 0.3) is 5.91 Å². The molecule has 1 aromatic rings. The van der Waals surface area contributed by atoms with Crippen LogP contribution < -0.4 is 14.8 Å². The van der Waals surface area contributed by atoms with Gasteiger partial charge in [-0.2, -0.15) is 0 Å². The molecule has 2 fully saturated rings. The van der Waals surface area contributed by atoms with Crippen LogP contribution in [-0.4, -0.2) is 68.2 Å². The van der Waals surface area contributed by atoms with Crippen LogP contribution in [0.15, 0.2) is 18.2 Å². The van der Waals surface area contributed by atoms with Gasteiger partial charge in [0.1, 0.15) is 0 Å². The first kappa shape index (κ1) is 18.4. The second kappa shape index (κ2) is 8.29. The maximum atomic E-state index is 12.6. The Hall–Kier alpha value is -2.44. The van der Waals surface area contributed by atoms with E-state index >= 15 is 0 Å². The third kappa shape index (κ3) is 4.03. The SMILES string of the molecule is COc1ccc(C(=O)NC2CCCN(C(=O)N3CCCC3)C2)cc1OC. The number of hydrogen-bond donors (Lipinski definition) is 1. The lowest BCUT2D eigenvalue weighted by molar-refractivity contribution is 0.0900. The van der Waals surface area contributed by atoms with Gasteiger partial charge < -0.3 is 24.6 Å². The first-order chi connectivity index (χ1) is 12.6. The highest BCUT2D eigenvalue weighted by Gasteiger charge is 2.29. The maximum Gasteiger partial charge on any atom is 0.320 e. The van der Waals surface area contributed by atoms with E-state index in [-0.39, 0.29) is 18.0 Å². The third-order valence-electron chi connectivity index (χ3n) is 5.05. The zero-order chi connectivity index (χ0) is 18.5. The minimum Gasteiger partial charge on any atom is -0.493 e. The summed E-state index contributed by atoms with van der Waals surface area (Å²) in [7, 11) is 3.11. The molecule has 7 nitrogen and oxygen atoms in total. The summed E-state index contributed by atoms with van der Waals surface area (Å²) in [4.78, 5) is 28.9. The van der Waals surface area contributed by atoms with Crippen LogP contribution in [0.4, 0.5) is 4.79 Å². The molecule has 1 N–H and O–H groups in total. The number of piperidine rings is 1. The zero-order valence-corrected chi connectivity index (χ0v) is 15.5. The Kier molecular flexibility index (Phi) is 5.85. The van der Waals surface area contributed by atoms with E-state index < -0.39 is 0 Å². The fraction of sp³-hybridized carbons (Fsp3) is 0.579. The molecule has 3 amide bonds. The molecule has 1 unspecified atom stereocenters. The lowest BCUT2D eigenvalue weighted by atomic mass is 10.1. The van der Waals surface area contributed by atoms with Gasteiger partial charge in [-0.05, 0) is 43.9 Å². The van der Waals surface area contributed by atoms with Gasteiger partial charge in [0.2, 0.25) is 0 Å². The molecule has 3 rings (SSSR count). The number of amides is 3. The van der Waals surface area contributed by atoms with Crippen molar-refractivity contribution in [2.75, 3.05) is 40.4 Å². The lowest BCUT2D eigenvalue weighted by Gasteiger charge is -2.35. The fourth-order valence-corrected chi connectivity index (χ4v) is 3.62. The Morgan fingerprint density at radius 2 is 1.69 bits per heavy atom. The van der Waals surface area contributed by atoms with Crippen molar-refractivity contribution in [2.45, 2.75) is 31.7 Å². The van der Waals surface area contributed by atoms with Gasteiger partial charge in [0.05, 0.1) is 14.2 Å². The standard InChI is InChI=1S/C19H27N3O4/c1-25-16-8-7-14(12-17(16)26-2)18(23)20-15-6-5-11-22(13-15)19(24)21-9-3-4-10-21/h7-8,12,15H,3-6,9-11,13H2,1-2H3,(H,20,23). The molecule has 2 aliphatic rings. The summed E-state index contributed by atoms with van der Waals surface area (Å²) in [5.74, 6) is 0.949. The molecular formula is C19H27N3O4. The van der Waals surface area contributed by atoms with Crippen LogP contribution >= 0.6 is 0 Å². The summed E-state index contributed by atoms with van der Waals surface area (Å²) < 4.78 is 10.5. The Balaban J connectivity index is 1.61. The number of nitrogens with one attached hydrogen (secondary N) is 1. The smallest absolute Gasteiger partial charge is 0.320 e. The molecule has 0 saturated carbocycles. The monoisotopic (exact) mass is 361 g/mol. The van der Waals surface area contributed by atoms with E-state index in [0.717, 1.165) is 45.3 Å². The van der Waals surface area contributed by atoms with E-state index in [1.807, 2.05) is 9.80 Å². The fourth-order valence-electron chi connectivity index (χ4n) is 3.62. The minimum atomic E-state index is -0.161. The van der Waals surface area contributed by atoms with Crippen molar-refractivity contribution in [3.8, 4) is 11.5 Å². The zero-order valence-electron chi connectivity index (χ0n) is 15.5. The number of methoxy groups -OCH3 is 2. The van der Waals surface area contributed by atoms with Crippen LogP contribution in [0.3, 0.4) is 0 Å². The van der Waals surface area contributed by atoms with Gasteiger partial charge in [-0.15, -0.1) is 0 Å². The summed E-state index contributed by atoms with van der Waals surface area (Å²) in [6.07, 6.45) is 3.94. The van der Waals surface area contributed by atoms with Crippen molar-refractivity contribution >= 4 is 11.9 Å². The van der Waals surface area contributed by atoms with Crippen LogP contribution in [0.2, 0.25) is 0 Å². The highest BCUT2D eigenvalue weighted by molar-refractivity contribution is 5.95. The average molecular weight is 361 g/mol. The predicted octanol–water partition coefficient (Wildman–Crippen LogP) is 2.11. The van der Waals surface area contributed by atoms with E-state index in [9.17, 15) is 9.59 Å². The van der Waals surface area contributed by atoms with E-state index in [2.05, 4.69) is 5.32 Å². The van der Waals surface area contributed by atoms with E-state index in [4.69, 9.17) is 9.47 Å². The highest BCUT2D eigenvalue weighted by atomic mass is 16.5. The van der Waals surface area contributed by atoms with E-state index in [1.54, 1.807) is 32.4 Å². The summed E-state index contributed by atoms with van der Waals surface area (Å²) in [5, 5.41) is 3.05. The Morgan fingerprint density at radius 1 is 1.00 bits per heavy atom. The molecule has 2 aliphatic heterocycles. The van der Waals surface area contributed by atoms with E-state index in [1.165, 1.54) is 0 Å². The van der Waals surface area contributed by atoms with Gasteiger partial charge in [-0.25, -0.2) is 4.79 Å². The maximum absolute atomic E-state index is 12.6. The molecule has 0 aliphatic carbocycles. The molecule has 26 heavy (non-hydrogen) atoms. The van der Waals surface area contributed by atoms with Crippen LogP contribution in [0.25, 0.3) is 0 Å². The molecule has 1 aromatic carbocycles. The quantitative estimate of drug-likeness (QED) is 0.892. The molecule has 7 heteroatoms. The minimum absolute atomic E-state index is 0.0316. The molecule has 0 radical (unpaired) electrons. The van der Waals surface area contributed by atoms with Crippen LogP contribution in [0.5, 0.6) is 11.5 Å². The highest BCUT2D eigenvalue weighted by Crippen LogP contribution is 2.27. The topological polar surface area (TPSA) is 71.1 Å². The number of hydrogen-bond acceptors (Lipinski definition) is 4. The molecule has 1 atom stereocenters. The van der Waals surface area contributed by atoms with E-state index in [0.29, 0.717) is 23.6 Å². The number of rotatable bonds is 4. The van der Waals surface area contributed by atoms with Gasteiger partial charge in [-0.3, -0.25) is 4.79 Å². The molecule has 0 spiro atoms.